The van der Waals surface area contributed by atoms with Gasteiger partial charge in [0.2, 0.25) is 5.91 Å². The summed E-state index contributed by atoms with van der Waals surface area (Å²) in [5, 5.41) is 8.89. The van der Waals surface area contributed by atoms with Crippen LogP contribution in [-0.2, 0) is 4.79 Å². The molecular weight excluding hydrogens is 266 g/mol. The van der Waals surface area contributed by atoms with E-state index in [0.29, 0.717) is 24.6 Å². The zero-order chi connectivity index (χ0) is 15.2. The molecule has 1 aromatic carbocycles. The van der Waals surface area contributed by atoms with E-state index in [0.717, 1.165) is 18.7 Å². The summed E-state index contributed by atoms with van der Waals surface area (Å²) in [7, 11) is 0. The van der Waals surface area contributed by atoms with Crippen molar-refractivity contribution in [3.63, 3.8) is 0 Å². The summed E-state index contributed by atoms with van der Waals surface area (Å²) in [6.45, 7) is 6.58. The molecule has 0 aliphatic carbocycles. The topological polar surface area (TPSA) is 70.2 Å². The molecule has 5 heteroatoms. The molecule has 1 aromatic rings. The van der Waals surface area contributed by atoms with Gasteiger partial charge in [-0.2, -0.15) is 0 Å². The van der Waals surface area contributed by atoms with Crippen molar-refractivity contribution in [2.75, 3.05) is 26.2 Å². The fourth-order valence-corrected chi connectivity index (χ4v) is 2.46. The first-order valence-electron chi connectivity index (χ1n) is 7.41. The molecule has 21 heavy (non-hydrogen) atoms. The van der Waals surface area contributed by atoms with Gasteiger partial charge in [0.1, 0.15) is 0 Å². The molecule has 1 heterocycles. The van der Waals surface area contributed by atoms with Crippen LogP contribution in [0.1, 0.15) is 22.8 Å². The molecule has 0 unspecified atom stereocenters. The number of carbonyl (C=O) groups excluding carboxylic acids is 2. The lowest BCUT2D eigenvalue weighted by atomic mass is 9.97. The fourth-order valence-electron chi connectivity index (χ4n) is 2.46. The molecule has 0 saturated carbocycles. The summed E-state index contributed by atoms with van der Waals surface area (Å²) in [5.41, 5.74) is 1.76. The molecule has 114 valence electrons. The Hall–Kier alpha value is -1.88. The van der Waals surface area contributed by atoms with Gasteiger partial charge in [-0.1, -0.05) is 24.6 Å². The van der Waals surface area contributed by atoms with Crippen molar-refractivity contribution in [2.24, 2.45) is 11.8 Å². The van der Waals surface area contributed by atoms with E-state index in [9.17, 15) is 9.59 Å². The zero-order valence-corrected chi connectivity index (χ0v) is 12.6. The first-order valence-corrected chi connectivity index (χ1v) is 7.41. The fraction of sp³-hybridized carbons (Fsp3) is 0.500. The van der Waals surface area contributed by atoms with Gasteiger partial charge in [0.15, 0.2) is 0 Å². The average Bonchev–Trinajstić information content (AvgIpc) is 2.90. The quantitative estimate of drug-likeness (QED) is 0.699. The summed E-state index contributed by atoms with van der Waals surface area (Å²) >= 11 is 0. The molecular formula is C16H23N3O2. The number of benzene rings is 1. The average molecular weight is 289 g/mol. The van der Waals surface area contributed by atoms with E-state index in [4.69, 9.17) is 0 Å². The lowest BCUT2D eigenvalue weighted by Crippen LogP contribution is -2.39. The second kappa shape index (κ2) is 7.22. The van der Waals surface area contributed by atoms with E-state index in [2.05, 4.69) is 22.9 Å². The van der Waals surface area contributed by atoms with Crippen molar-refractivity contribution in [3.8, 4) is 0 Å². The maximum absolute atomic E-state index is 11.9. The molecule has 0 bridgehead atoms. The monoisotopic (exact) mass is 289 g/mol. The minimum Gasteiger partial charge on any atom is -0.354 e. The van der Waals surface area contributed by atoms with Crippen LogP contribution >= 0.6 is 0 Å². The predicted molar refractivity (Wildman–Crippen MR) is 82.0 cm³/mol. The van der Waals surface area contributed by atoms with Gasteiger partial charge >= 0.3 is 0 Å². The second-order valence-electron chi connectivity index (χ2n) is 5.65. The van der Waals surface area contributed by atoms with Crippen molar-refractivity contribution < 1.29 is 9.59 Å². The van der Waals surface area contributed by atoms with Crippen LogP contribution in [0.5, 0.6) is 0 Å². The van der Waals surface area contributed by atoms with Gasteiger partial charge in [0.25, 0.3) is 5.91 Å². The third-order valence-electron chi connectivity index (χ3n) is 3.88. The first-order chi connectivity index (χ1) is 10.1. The molecule has 3 N–H and O–H groups in total. The highest BCUT2D eigenvalue weighted by Crippen LogP contribution is 2.15. The van der Waals surface area contributed by atoms with Crippen molar-refractivity contribution in [3.05, 3.63) is 35.4 Å². The van der Waals surface area contributed by atoms with Crippen LogP contribution in [0, 0.1) is 18.8 Å². The highest BCUT2D eigenvalue weighted by atomic mass is 16.2. The SMILES string of the molecule is Cc1ccc(C(=O)NCCNC(=O)[C@@H]2CNC[C@H]2C)cc1. The molecule has 0 spiro atoms. The van der Waals surface area contributed by atoms with Crippen LogP contribution in [0.15, 0.2) is 24.3 Å². The molecule has 1 fully saturated rings. The molecule has 0 radical (unpaired) electrons. The maximum atomic E-state index is 11.9. The Kier molecular flexibility index (Phi) is 5.33. The van der Waals surface area contributed by atoms with Crippen molar-refractivity contribution in [1.29, 1.82) is 0 Å². The molecule has 1 saturated heterocycles. The van der Waals surface area contributed by atoms with Crippen molar-refractivity contribution >= 4 is 11.8 Å². The van der Waals surface area contributed by atoms with Gasteiger partial charge in [0.05, 0.1) is 5.92 Å². The number of rotatable bonds is 5. The second-order valence-corrected chi connectivity index (χ2v) is 5.65. The van der Waals surface area contributed by atoms with Crippen molar-refractivity contribution in [2.45, 2.75) is 13.8 Å². The maximum Gasteiger partial charge on any atom is 0.251 e. The third-order valence-corrected chi connectivity index (χ3v) is 3.88. The Balaban J connectivity index is 1.68. The van der Waals surface area contributed by atoms with E-state index in [1.165, 1.54) is 0 Å². The molecule has 2 rings (SSSR count). The van der Waals surface area contributed by atoms with Gasteiger partial charge in [-0.05, 0) is 31.5 Å². The van der Waals surface area contributed by atoms with E-state index in [-0.39, 0.29) is 17.7 Å². The molecule has 1 aliphatic rings. The largest absolute Gasteiger partial charge is 0.354 e. The number of hydrogen-bond acceptors (Lipinski definition) is 3. The number of hydrogen-bond donors (Lipinski definition) is 3. The van der Waals surface area contributed by atoms with E-state index in [1.807, 2.05) is 19.1 Å². The lowest BCUT2D eigenvalue weighted by molar-refractivity contribution is -0.125. The minimum absolute atomic E-state index is 0.0396. The summed E-state index contributed by atoms with van der Waals surface area (Å²) < 4.78 is 0. The Morgan fingerprint density at radius 2 is 1.81 bits per heavy atom. The third kappa shape index (κ3) is 4.29. The number of aryl methyl sites for hydroxylation is 1. The van der Waals surface area contributed by atoms with Crippen LogP contribution in [0.4, 0.5) is 0 Å². The normalized spacial score (nSPS) is 21.0. The van der Waals surface area contributed by atoms with Gasteiger partial charge in [-0.25, -0.2) is 0 Å². The number of amides is 2. The van der Waals surface area contributed by atoms with Gasteiger partial charge in [0, 0.05) is 25.2 Å². The first kappa shape index (κ1) is 15.5. The van der Waals surface area contributed by atoms with Gasteiger partial charge < -0.3 is 16.0 Å². The van der Waals surface area contributed by atoms with Crippen LogP contribution < -0.4 is 16.0 Å². The lowest BCUT2D eigenvalue weighted by Gasteiger charge is -2.14. The van der Waals surface area contributed by atoms with Crippen molar-refractivity contribution in [1.82, 2.24) is 16.0 Å². The minimum atomic E-state index is -0.111. The Morgan fingerprint density at radius 1 is 1.14 bits per heavy atom. The Labute approximate surface area is 125 Å². The van der Waals surface area contributed by atoms with E-state index >= 15 is 0 Å². The number of nitrogens with one attached hydrogen (secondary N) is 3. The standard InChI is InChI=1S/C16H23N3O2/c1-11-3-5-13(6-4-11)15(20)18-7-8-19-16(21)14-10-17-9-12(14)2/h3-6,12,14,17H,7-10H2,1-2H3,(H,18,20)(H,19,21)/t12-,14-/m1/s1. The van der Waals surface area contributed by atoms with E-state index < -0.39 is 0 Å². The molecule has 2 atom stereocenters. The molecule has 2 amide bonds. The number of carbonyl (C=O) groups is 2. The molecule has 5 nitrogen and oxygen atoms in total. The summed E-state index contributed by atoms with van der Waals surface area (Å²) in [6, 6.07) is 7.42. The highest BCUT2D eigenvalue weighted by Gasteiger charge is 2.28. The smallest absolute Gasteiger partial charge is 0.251 e. The Bertz CT molecular complexity index is 499. The highest BCUT2D eigenvalue weighted by molar-refractivity contribution is 5.94. The van der Waals surface area contributed by atoms with Crippen LogP contribution in [-0.4, -0.2) is 38.0 Å². The summed E-state index contributed by atoms with van der Waals surface area (Å²) in [4.78, 5) is 23.8. The van der Waals surface area contributed by atoms with Gasteiger partial charge in [-0.15, -0.1) is 0 Å². The summed E-state index contributed by atoms with van der Waals surface area (Å²) in [6.07, 6.45) is 0. The Morgan fingerprint density at radius 3 is 2.43 bits per heavy atom. The summed E-state index contributed by atoms with van der Waals surface area (Å²) in [5.74, 6) is 0.363. The van der Waals surface area contributed by atoms with Crippen LogP contribution in [0.25, 0.3) is 0 Å². The van der Waals surface area contributed by atoms with Crippen LogP contribution in [0.2, 0.25) is 0 Å². The zero-order valence-electron chi connectivity index (χ0n) is 12.6. The van der Waals surface area contributed by atoms with E-state index in [1.54, 1.807) is 12.1 Å². The molecule has 1 aliphatic heterocycles. The molecule has 0 aromatic heterocycles. The predicted octanol–water partition coefficient (Wildman–Crippen LogP) is 0.697. The van der Waals surface area contributed by atoms with Crippen LogP contribution in [0.3, 0.4) is 0 Å². The van der Waals surface area contributed by atoms with Gasteiger partial charge in [-0.3, -0.25) is 9.59 Å².